The smallest absolute Gasteiger partial charge is 0.271 e. The fourth-order valence-electron chi connectivity index (χ4n) is 2.88. The molecule has 2 N–H and O–H groups in total. The Morgan fingerprint density at radius 2 is 2.15 bits per heavy atom. The standard InChI is InChI=1S/C20H21N5O/c21-12-16-7-4-8-17(11-16)25-19-14-23-18(13-24-19)20(26)22-10-9-15-5-2-1-3-6-15/h4-5,7-8,11,13-14H,1-3,6,9-10H2,(H,22,26)(H,24,25). The summed E-state index contributed by atoms with van der Waals surface area (Å²) in [5.74, 6) is 0.302. The summed E-state index contributed by atoms with van der Waals surface area (Å²) in [6.07, 6.45) is 11.0. The number of rotatable bonds is 6. The van der Waals surface area contributed by atoms with Crippen LogP contribution in [0.1, 0.15) is 48.2 Å². The molecule has 1 aromatic carbocycles. The molecule has 6 heteroatoms. The summed E-state index contributed by atoms with van der Waals surface area (Å²) in [5.41, 5.74) is 3.03. The Morgan fingerprint density at radius 3 is 2.88 bits per heavy atom. The maximum atomic E-state index is 12.1. The van der Waals surface area contributed by atoms with Gasteiger partial charge in [0.15, 0.2) is 0 Å². The Kier molecular flexibility index (Phi) is 5.94. The van der Waals surface area contributed by atoms with Crippen molar-refractivity contribution in [2.24, 2.45) is 0 Å². The largest absolute Gasteiger partial charge is 0.350 e. The average Bonchev–Trinajstić information content (AvgIpc) is 2.69. The molecular weight excluding hydrogens is 326 g/mol. The molecule has 1 amide bonds. The van der Waals surface area contributed by atoms with Crippen molar-refractivity contribution < 1.29 is 4.79 Å². The van der Waals surface area contributed by atoms with E-state index in [0.29, 0.717) is 23.6 Å². The van der Waals surface area contributed by atoms with E-state index in [2.05, 4.69) is 32.7 Å². The van der Waals surface area contributed by atoms with Crippen LogP contribution < -0.4 is 10.6 Å². The second kappa shape index (κ2) is 8.77. The number of hydrogen-bond donors (Lipinski definition) is 2. The number of nitriles is 1. The molecule has 2 aromatic rings. The van der Waals surface area contributed by atoms with Crippen LogP contribution in [0.25, 0.3) is 0 Å². The summed E-state index contributed by atoms with van der Waals surface area (Å²) in [7, 11) is 0. The molecule has 0 bridgehead atoms. The molecule has 0 unspecified atom stereocenters. The van der Waals surface area contributed by atoms with Gasteiger partial charge in [0, 0.05) is 12.2 Å². The van der Waals surface area contributed by atoms with Crippen LogP contribution >= 0.6 is 0 Å². The van der Waals surface area contributed by atoms with Gasteiger partial charge in [-0.1, -0.05) is 17.7 Å². The lowest BCUT2D eigenvalue weighted by Crippen LogP contribution is -2.26. The summed E-state index contributed by atoms with van der Waals surface area (Å²) >= 11 is 0. The SMILES string of the molecule is N#Cc1cccc(Nc2cnc(C(=O)NCCC3=CCCCC3)cn2)c1. The van der Waals surface area contributed by atoms with E-state index in [1.807, 2.05) is 6.07 Å². The quantitative estimate of drug-likeness (QED) is 0.777. The summed E-state index contributed by atoms with van der Waals surface area (Å²) in [5, 5.41) is 14.9. The molecule has 26 heavy (non-hydrogen) atoms. The van der Waals surface area contributed by atoms with E-state index in [4.69, 9.17) is 5.26 Å². The van der Waals surface area contributed by atoms with Gasteiger partial charge in [-0.2, -0.15) is 5.26 Å². The molecule has 0 fully saturated rings. The highest BCUT2D eigenvalue weighted by Crippen LogP contribution is 2.19. The molecule has 1 heterocycles. The zero-order chi connectivity index (χ0) is 18.2. The molecular formula is C20H21N5O. The number of carbonyl (C=O) groups excluding carboxylic acids is 1. The third-order valence-electron chi connectivity index (χ3n) is 4.27. The first-order valence-corrected chi connectivity index (χ1v) is 8.80. The number of benzene rings is 1. The van der Waals surface area contributed by atoms with Gasteiger partial charge in [0.25, 0.3) is 5.91 Å². The van der Waals surface area contributed by atoms with Crippen LogP contribution in [0.5, 0.6) is 0 Å². The highest BCUT2D eigenvalue weighted by Gasteiger charge is 2.09. The molecule has 1 aliphatic carbocycles. The van der Waals surface area contributed by atoms with E-state index in [9.17, 15) is 4.79 Å². The minimum atomic E-state index is -0.216. The predicted octanol–water partition coefficient (Wildman–Crippen LogP) is 3.71. The highest BCUT2D eigenvalue weighted by molar-refractivity contribution is 5.92. The topological polar surface area (TPSA) is 90.7 Å². The van der Waals surface area contributed by atoms with Crippen LogP contribution in [0.15, 0.2) is 48.3 Å². The highest BCUT2D eigenvalue weighted by atomic mass is 16.1. The number of aromatic nitrogens is 2. The van der Waals surface area contributed by atoms with Crippen LogP contribution in [0.2, 0.25) is 0 Å². The van der Waals surface area contributed by atoms with Crippen molar-refractivity contribution in [3.63, 3.8) is 0 Å². The Bertz CT molecular complexity index is 836. The average molecular weight is 347 g/mol. The van der Waals surface area contributed by atoms with Crippen LogP contribution in [-0.4, -0.2) is 22.4 Å². The summed E-state index contributed by atoms with van der Waals surface area (Å²) < 4.78 is 0. The minimum absolute atomic E-state index is 0.216. The van der Waals surface area contributed by atoms with Crippen molar-refractivity contribution in [2.45, 2.75) is 32.1 Å². The van der Waals surface area contributed by atoms with Gasteiger partial charge in [0.05, 0.1) is 24.0 Å². The Hall–Kier alpha value is -3.20. The summed E-state index contributed by atoms with van der Waals surface area (Å²) in [4.78, 5) is 20.5. The molecule has 6 nitrogen and oxygen atoms in total. The third kappa shape index (κ3) is 4.90. The van der Waals surface area contributed by atoms with Gasteiger partial charge in [-0.05, 0) is 50.3 Å². The normalized spacial score (nSPS) is 13.4. The lowest BCUT2D eigenvalue weighted by molar-refractivity contribution is 0.0948. The number of carbonyl (C=O) groups is 1. The first kappa shape index (κ1) is 17.6. The molecule has 0 radical (unpaired) electrons. The van der Waals surface area contributed by atoms with Crippen molar-refractivity contribution in [3.05, 3.63) is 59.6 Å². The molecule has 3 rings (SSSR count). The van der Waals surface area contributed by atoms with Crippen molar-refractivity contribution >= 4 is 17.4 Å². The van der Waals surface area contributed by atoms with Crippen molar-refractivity contribution in [3.8, 4) is 6.07 Å². The fourth-order valence-corrected chi connectivity index (χ4v) is 2.88. The summed E-state index contributed by atoms with van der Waals surface area (Å²) in [6.45, 7) is 0.618. The van der Waals surface area contributed by atoms with E-state index in [1.165, 1.54) is 30.8 Å². The van der Waals surface area contributed by atoms with Gasteiger partial charge >= 0.3 is 0 Å². The Balaban J connectivity index is 1.52. The molecule has 0 atom stereocenters. The minimum Gasteiger partial charge on any atom is -0.350 e. The van der Waals surface area contributed by atoms with Crippen LogP contribution in [0.3, 0.4) is 0 Å². The van der Waals surface area contributed by atoms with Gasteiger partial charge in [-0.3, -0.25) is 4.79 Å². The molecule has 1 aliphatic rings. The number of allylic oxidation sites excluding steroid dienone is 1. The van der Waals surface area contributed by atoms with E-state index < -0.39 is 0 Å². The van der Waals surface area contributed by atoms with E-state index in [0.717, 1.165) is 24.9 Å². The van der Waals surface area contributed by atoms with E-state index in [1.54, 1.807) is 18.2 Å². The van der Waals surface area contributed by atoms with Crippen molar-refractivity contribution in [1.29, 1.82) is 5.26 Å². The molecule has 0 spiro atoms. The predicted molar refractivity (Wildman–Crippen MR) is 100.0 cm³/mol. The van der Waals surface area contributed by atoms with E-state index in [-0.39, 0.29) is 5.91 Å². The molecule has 132 valence electrons. The molecule has 1 aromatic heterocycles. The summed E-state index contributed by atoms with van der Waals surface area (Å²) in [6, 6.07) is 9.17. The zero-order valence-electron chi connectivity index (χ0n) is 14.5. The third-order valence-corrected chi connectivity index (χ3v) is 4.27. The number of nitrogens with zero attached hydrogens (tertiary/aromatic N) is 3. The maximum Gasteiger partial charge on any atom is 0.271 e. The molecule has 0 saturated heterocycles. The van der Waals surface area contributed by atoms with Gasteiger partial charge in [-0.25, -0.2) is 9.97 Å². The Morgan fingerprint density at radius 1 is 1.23 bits per heavy atom. The number of anilines is 2. The molecule has 0 saturated carbocycles. The van der Waals surface area contributed by atoms with Gasteiger partial charge in [-0.15, -0.1) is 0 Å². The zero-order valence-corrected chi connectivity index (χ0v) is 14.5. The number of nitrogens with one attached hydrogen (secondary N) is 2. The first-order valence-electron chi connectivity index (χ1n) is 8.80. The van der Waals surface area contributed by atoms with Crippen LogP contribution in [0, 0.1) is 11.3 Å². The van der Waals surface area contributed by atoms with Gasteiger partial charge in [0.2, 0.25) is 0 Å². The number of hydrogen-bond acceptors (Lipinski definition) is 5. The lowest BCUT2D eigenvalue weighted by Gasteiger charge is -2.12. The van der Waals surface area contributed by atoms with Crippen LogP contribution in [0.4, 0.5) is 11.5 Å². The maximum absolute atomic E-state index is 12.1. The van der Waals surface area contributed by atoms with Crippen LogP contribution in [-0.2, 0) is 0 Å². The monoisotopic (exact) mass is 347 g/mol. The second-order valence-corrected chi connectivity index (χ2v) is 6.22. The fraction of sp³-hybridized carbons (Fsp3) is 0.300. The lowest BCUT2D eigenvalue weighted by atomic mass is 9.97. The van der Waals surface area contributed by atoms with Crippen molar-refractivity contribution in [1.82, 2.24) is 15.3 Å². The second-order valence-electron chi connectivity index (χ2n) is 6.22. The number of amides is 1. The Labute approximate surface area is 153 Å². The van der Waals surface area contributed by atoms with Crippen molar-refractivity contribution in [2.75, 3.05) is 11.9 Å². The van der Waals surface area contributed by atoms with Gasteiger partial charge in [0.1, 0.15) is 11.5 Å². The van der Waals surface area contributed by atoms with Gasteiger partial charge < -0.3 is 10.6 Å². The van der Waals surface area contributed by atoms with E-state index >= 15 is 0 Å². The molecule has 0 aliphatic heterocycles. The first-order chi connectivity index (χ1) is 12.7.